The Hall–Kier alpha value is -2.67. The van der Waals surface area contributed by atoms with Gasteiger partial charge in [-0.15, -0.1) is 11.3 Å². The van der Waals surface area contributed by atoms with Gasteiger partial charge in [-0.1, -0.05) is 18.2 Å². The number of aromatic nitrogens is 1. The Morgan fingerprint density at radius 2 is 2.03 bits per heavy atom. The van der Waals surface area contributed by atoms with Crippen LogP contribution in [-0.4, -0.2) is 22.6 Å². The number of Topliss-reactive ketones (excluding diaryl/α,β-unsaturated/α-hetero) is 1. The summed E-state index contributed by atoms with van der Waals surface area (Å²) in [4.78, 5) is 29.6. The van der Waals surface area contributed by atoms with E-state index in [0.29, 0.717) is 36.4 Å². The summed E-state index contributed by atoms with van der Waals surface area (Å²) >= 11 is 1.44. The van der Waals surface area contributed by atoms with Crippen LogP contribution in [-0.2, 0) is 6.54 Å². The molecule has 2 aliphatic rings. The van der Waals surface area contributed by atoms with Gasteiger partial charge in [0.2, 0.25) is 5.92 Å². The maximum absolute atomic E-state index is 13.4. The zero-order chi connectivity index (χ0) is 20.9. The molecule has 0 atom stereocenters. The Morgan fingerprint density at radius 3 is 2.83 bits per heavy atom. The summed E-state index contributed by atoms with van der Waals surface area (Å²) in [6.45, 7) is 0.472. The van der Waals surface area contributed by atoms with E-state index in [4.69, 9.17) is 0 Å². The molecule has 0 bridgehead atoms. The summed E-state index contributed by atoms with van der Waals surface area (Å²) in [7, 11) is 0. The maximum atomic E-state index is 13.4. The normalized spacial score (nSPS) is 18.4. The second-order valence-corrected chi connectivity index (χ2v) is 9.23. The summed E-state index contributed by atoms with van der Waals surface area (Å²) in [6.07, 6.45) is 2.59. The molecule has 1 aliphatic carbocycles. The zero-order valence-corrected chi connectivity index (χ0v) is 17.0. The molecule has 0 radical (unpaired) electrons. The number of nitrogens with one attached hydrogen (secondary N) is 1. The molecule has 1 fully saturated rings. The van der Waals surface area contributed by atoms with Gasteiger partial charge >= 0.3 is 0 Å². The van der Waals surface area contributed by atoms with Gasteiger partial charge in [0.15, 0.2) is 5.78 Å². The summed E-state index contributed by atoms with van der Waals surface area (Å²) in [6, 6.07) is 9.77. The lowest BCUT2D eigenvalue weighted by Gasteiger charge is -2.27. The molecule has 7 heteroatoms. The Balaban J connectivity index is 1.42. The van der Waals surface area contributed by atoms with Crippen LogP contribution >= 0.6 is 11.3 Å². The van der Waals surface area contributed by atoms with E-state index < -0.39 is 5.92 Å². The monoisotopic (exact) mass is 426 g/mol. The number of halogens is 2. The summed E-state index contributed by atoms with van der Waals surface area (Å²) in [5.41, 5.74) is 3.22. The van der Waals surface area contributed by atoms with Crippen molar-refractivity contribution in [3.8, 4) is 11.1 Å². The van der Waals surface area contributed by atoms with Crippen LogP contribution in [0.3, 0.4) is 0 Å². The average Bonchev–Trinajstić information content (AvgIpc) is 3.33. The molecule has 3 aromatic rings. The topological polar surface area (TPSA) is 59.1 Å². The molecule has 1 saturated carbocycles. The number of pyridine rings is 1. The van der Waals surface area contributed by atoms with Crippen LogP contribution in [0.25, 0.3) is 21.2 Å². The maximum Gasteiger partial charge on any atom is 0.270 e. The van der Waals surface area contributed by atoms with Crippen molar-refractivity contribution in [3.63, 3.8) is 0 Å². The van der Waals surface area contributed by atoms with Crippen LogP contribution in [0.15, 0.2) is 36.5 Å². The SMILES string of the molecule is O=C(CC1CCC(F)(F)CC1)c1cc2cccc(-c3cnc4c(c3)CNC4=O)c2s1. The molecule has 0 saturated heterocycles. The van der Waals surface area contributed by atoms with E-state index in [1.807, 2.05) is 30.3 Å². The van der Waals surface area contributed by atoms with Gasteiger partial charge < -0.3 is 5.32 Å². The highest BCUT2D eigenvalue weighted by atomic mass is 32.1. The molecular formula is C23H20F2N2O2S. The Bertz CT molecular complexity index is 1160. The molecule has 4 nitrogen and oxygen atoms in total. The molecule has 0 unspecified atom stereocenters. The Labute approximate surface area is 176 Å². The number of amides is 1. The summed E-state index contributed by atoms with van der Waals surface area (Å²) in [5.74, 6) is -2.66. The smallest absolute Gasteiger partial charge is 0.270 e. The fourth-order valence-electron chi connectivity index (χ4n) is 4.35. The van der Waals surface area contributed by atoms with Crippen molar-refractivity contribution in [3.05, 3.63) is 52.7 Å². The number of carbonyl (C=O) groups is 2. The van der Waals surface area contributed by atoms with Gasteiger partial charge in [0, 0.05) is 53.4 Å². The minimum absolute atomic E-state index is 0.0271. The molecule has 30 heavy (non-hydrogen) atoms. The van der Waals surface area contributed by atoms with E-state index in [2.05, 4.69) is 10.3 Å². The predicted molar refractivity (Wildman–Crippen MR) is 112 cm³/mol. The Morgan fingerprint density at radius 1 is 1.23 bits per heavy atom. The van der Waals surface area contributed by atoms with Crippen LogP contribution in [0.5, 0.6) is 0 Å². The highest BCUT2D eigenvalue weighted by Crippen LogP contribution is 2.40. The second-order valence-electron chi connectivity index (χ2n) is 8.18. The van der Waals surface area contributed by atoms with Crippen LogP contribution in [0, 0.1) is 5.92 Å². The van der Waals surface area contributed by atoms with E-state index in [9.17, 15) is 18.4 Å². The third-order valence-electron chi connectivity index (χ3n) is 6.06. The van der Waals surface area contributed by atoms with Gasteiger partial charge in [0.1, 0.15) is 5.69 Å². The van der Waals surface area contributed by atoms with Crippen LogP contribution < -0.4 is 5.32 Å². The first-order chi connectivity index (χ1) is 14.4. The standard InChI is InChI=1S/C23H20F2N2O2S/c24-23(25)6-4-13(5-7-23)8-18(28)19-10-14-2-1-3-17(21(14)30-19)15-9-16-12-27-22(29)20(16)26-11-15/h1-3,9-11,13H,4-8,12H2,(H,27,29). The van der Waals surface area contributed by atoms with Crippen molar-refractivity contribution in [1.29, 1.82) is 0 Å². The molecule has 1 aromatic carbocycles. The summed E-state index contributed by atoms with van der Waals surface area (Å²) in [5, 5.41) is 3.75. The van der Waals surface area contributed by atoms with E-state index in [1.54, 1.807) is 6.20 Å². The largest absolute Gasteiger partial charge is 0.347 e. The first-order valence-corrected chi connectivity index (χ1v) is 10.9. The van der Waals surface area contributed by atoms with Gasteiger partial charge in [0.25, 0.3) is 5.91 Å². The first-order valence-electron chi connectivity index (χ1n) is 10.1. The predicted octanol–water partition coefficient (Wildman–Crippen LogP) is 5.61. The third kappa shape index (κ3) is 3.51. The van der Waals surface area contributed by atoms with Crippen molar-refractivity contribution in [2.24, 2.45) is 5.92 Å². The number of ketones is 1. The molecule has 1 amide bonds. The lowest BCUT2D eigenvalue weighted by molar-refractivity contribution is -0.0458. The van der Waals surface area contributed by atoms with Crippen molar-refractivity contribution in [1.82, 2.24) is 10.3 Å². The van der Waals surface area contributed by atoms with Crippen molar-refractivity contribution in [2.45, 2.75) is 44.6 Å². The molecular weight excluding hydrogens is 406 g/mol. The van der Waals surface area contributed by atoms with E-state index >= 15 is 0 Å². The number of rotatable bonds is 4. The number of nitrogens with zero attached hydrogens (tertiary/aromatic N) is 1. The van der Waals surface area contributed by atoms with Crippen molar-refractivity contribution < 1.29 is 18.4 Å². The fraction of sp³-hybridized carbons (Fsp3) is 0.348. The minimum atomic E-state index is -2.57. The number of fused-ring (bicyclic) bond motifs is 2. The lowest BCUT2D eigenvalue weighted by atomic mass is 9.83. The number of hydrogen-bond donors (Lipinski definition) is 1. The number of benzene rings is 1. The van der Waals surface area contributed by atoms with Crippen LogP contribution in [0.4, 0.5) is 8.78 Å². The number of hydrogen-bond acceptors (Lipinski definition) is 4. The molecule has 1 N–H and O–H groups in total. The molecule has 5 rings (SSSR count). The molecule has 2 aromatic heterocycles. The van der Waals surface area contributed by atoms with E-state index in [-0.39, 0.29) is 30.4 Å². The number of thiophene rings is 1. The van der Waals surface area contributed by atoms with E-state index in [0.717, 1.165) is 26.8 Å². The van der Waals surface area contributed by atoms with Crippen molar-refractivity contribution in [2.75, 3.05) is 0 Å². The number of alkyl halides is 2. The minimum Gasteiger partial charge on any atom is -0.347 e. The highest BCUT2D eigenvalue weighted by Gasteiger charge is 2.35. The van der Waals surface area contributed by atoms with Crippen LogP contribution in [0.2, 0.25) is 0 Å². The molecule has 154 valence electrons. The average molecular weight is 426 g/mol. The van der Waals surface area contributed by atoms with Gasteiger partial charge in [-0.3, -0.25) is 14.6 Å². The zero-order valence-electron chi connectivity index (χ0n) is 16.2. The van der Waals surface area contributed by atoms with E-state index in [1.165, 1.54) is 11.3 Å². The fourth-order valence-corrected chi connectivity index (χ4v) is 5.49. The van der Waals surface area contributed by atoms with Crippen molar-refractivity contribution >= 4 is 33.1 Å². The Kier molecular flexibility index (Phi) is 4.65. The molecule has 0 spiro atoms. The van der Waals surface area contributed by atoms with Gasteiger partial charge in [-0.2, -0.15) is 0 Å². The third-order valence-corrected chi connectivity index (χ3v) is 7.29. The summed E-state index contributed by atoms with van der Waals surface area (Å²) < 4.78 is 27.7. The lowest BCUT2D eigenvalue weighted by Crippen LogP contribution is -2.25. The second kappa shape index (κ2) is 7.23. The highest BCUT2D eigenvalue weighted by molar-refractivity contribution is 7.21. The first kappa shape index (κ1) is 19.3. The van der Waals surface area contributed by atoms with Gasteiger partial charge in [0.05, 0.1) is 4.88 Å². The van der Waals surface area contributed by atoms with Gasteiger partial charge in [-0.05, 0) is 36.3 Å². The molecule has 3 heterocycles. The van der Waals surface area contributed by atoms with Crippen LogP contribution in [0.1, 0.15) is 57.8 Å². The quantitative estimate of drug-likeness (QED) is 0.552. The van der Waals surface area contributed by atoms with Gasteiger partial charge in [-0.25, -0.2) is 8.78 Å². The number of carbonyl (C=O) groups excluding carboxylic acids is 2. The molecule has 1 aliphatic heterocycles.